The Kier molecular flexibility index (Phi) is 5.25. The summed E-state index contributed by atoms with van der Waals surface area (Å²) in [7, 11) is 0. The lowest BCUT2D eigenvalue weighted by Gasteiger charge is -2.15. The van der Waals surface area contributed by atoms with Gasteiger partial charge in [0.2, 0.25) is 0 Å². The van der Waals surface area contributed by atoms with Gasteiger partial charge in [0.1, 0.15) is 18.5 Å². The highest BCUT2D eigenvalue weighted by Gasteiger charge is 2.12. The van der Waals surface area contributed by atoms with Gasteiger partial charge in [0.15, 0.2) is 0 Å². The number of benzene rings is 1. The van der Waals surface area contributed by atoms with Crippen molar-refractivity contribution in [2.75, 3.05) is 6.54 Å². The molecule has 0 aliphatic rings. The number of hydrogen-bond acceptors (Lipinski definition) is 3. The van der Waals surface area contributed by atoms with Crippen molar-refractivity contribution in [3.05, 3.63) is 48.3 Å². The zero-order valence-electron chi connectivity index (χ0n) is 11.8. The third-order valence-corrected chi connectivity index (χ3v) is 3.04. The van der Waals surface area contributed by atoms with Crippen LogP contribution in [0.4, 0.5) is 9.18 Å². The summed E-state index contributed by atoms with van der Waals surface area (Å²) >= 11 is 0. The third-order valence-electron chi connectivity index (χ3n) is 3.04. The van der Waals surface area contributed by atoms with Gasteiger partial charge >= 0.3 is 6.03 Å². The lowest BCUT2D eigenvalue weighted by molar-refractivity contribution is 0.237. The van der Waals surface area contributed by atoms with Crippen molar-refractivity contribution >= 4 is 6.03 Å². The van der Waals surface area contributed by atoms with Crippen LogP contribution in [0, 0.1) is 5.82 Å². The Morgan fingerprint density at radius 2 is 2.24 bits per heavy atom. The number of nitrogens with zero attached hydrogens (tertiary/aromatic N) is 3. The van der Waals surface area contributed by atoms with Crippen molar-refractivity contribution in [3.63, 3.8) is 0 Å². The fourth-order valence-corrected chi connectivity index (χ4v) is 1.94. The number of rotatable bonds is 6. The number of amides is 2. The largest absolute Gasteiger partial charge is 0.338 e. The Labute approximate surface area is 122 Å². The van der Waals surface area contributed by atoms with Gasteiger partial charge < -0.3 is 10.6 Å². The molecule has 1 aromatic heterocycles. The summed E-state index contributed by atoms with van der Waals surface area (Å²) in [4.78, 5) is 15.6. The first-order valence-electron chi connectivity index (χ1n) is 6.78. The van der Waals surface area contributed by atoms with Crippen LogP contribution in [-0.2, 0) is 6.54 Å². The summed E-state index contributed by atoms with van der Waals surface area (Å²) in [6.45, 7) is 2.94. The van der Waals surface area contributed by atoms with E-state index in [2.05, 4.69) is 20.7 Å². The molecule has 6 nitrogen and oxygen atoms in total. The van der Waals surface area contributed by atoms with Crippen LogP contribution in [0.1, 0.15) is 24.9 Å². The quantitative estimate of drug-likeness (QED) is 0.798. The smallest absolute Gasteiger partial charge is 0.315 e. The van der Waals surface area contributed by atoms with E-state index in [1.54, 1.807) is 36.1 Å². The van der Waals surface area contributed by atoms with Gasteiger partial charge in [-0.25, -0.2) is 14.2 Å². The molecule has 0 saturated carbocycles. The van der Waals surface area contributed by atoms with Crippen LogP contribution in [0.5, 0.6) is 0 Å². The molecule has 0 aliphatic carbocycles. The maximum Gasteiger partial charge on any atom is 0.315 e. The Bertz CT molecular complexity index is 573. The topological polar surface area (TPSA) is 71.8 Å². The van der Waals surface area contributed by atoms with Crippen LogP contribution < -0.4 is 10.6 Å². The fourth-order valence-electron chi connectivity index (χ4n) is 1.94. The predicted molar refractivity (Wildman–Crippen MR) is 76.0 cm³/mol. The number of hydrogen-bond donors (Lipinski definition) is 2. The summed E-state index contributed by atoms with van der Waals surface area (Å²) in [5, 5.41) is 9.40. The monoisotopic (exact) mass is 291 g/mol. The van der Waals surface area contributed by atoms with E-state index in [1.165, 1.54) is 12.4 Å². The molecule has 2 amide bonds. The third kappa shape index (κ3) is 4.55. The van der Waals surface area contributed by atoms with Crippen molar-refractivity contribution in [1.29, 1.82) is 0 Å². The van der Waals surface area contributed by atoms with Crippen molar-refractivity contribution < 1.29 is 9.18 Å². The zero-order valence-corrected chi connectivity index (χ0v) is 11.8. The highest BCUT2D eigenvalue weighted by molar-refractivity contribution is 5.74. The first-order valence-corrected chi connectivity index (χ1v) is 6.78. The predicted octanol–water partition coefficient (Wildman–Crippen LogP) is 1.87. The summed E-state index contributed by atoms with van der Waals surface area (Å²) in [5.41, 5.74) is 0.468. The van der Waals surface area contributed by atoms with Crippen molar-refractivity contribution in [2.45, 2.75) is 25.9 Å². The van der Waals surface area contributed by atoms with Gasteiger partial charge in [-0.1, -0.05) is 18.2 Å². The highest BCUT2D eigenvalue weighted by Crippen LogP contribution is 2.15. The molecular formula is C14H18FN5O. The average molecular weight is 291 g/mol. The van der Waals surface area contributed by atoms with Gasteiger partial charge in [-0.05, 0) is 19.4 Å². The first kappa shape index (κ1) is 15.0. The molecule has 2 N–H and O–H groups in total. The SMILES string of the molecule is CC(NC(=O)NCCCn1cncn1)c1ccccc1F. The number of nitrogens with one attached hydrogen (secondary N) is 2. The molecule has 2 aromatic rings. The minimum Gasteiger partial charge on any atom is -0.338 e. The van der Waals surface area contributed by atoms with Crippen molar-refractivity contribution in [2.24, 2.45) is 0 Å². The second-order valence-corrected chi connectivity index (χ2v) is 4.66. The molecule has 0 spiro atoms. The first-order chi connectivity index (χ1) is 10.2. The van der Waals surface area contributed by atoms with Crippen molar-refractivity contribution in [1.82, 2.24) is 25.4 Å². The lowest BCUT2D eigenvalue weighted by atomic mass is 10.1. The number of carbonyl (C=O) groups is 1. The molecule has 0 bridgehead atoms. The van der Waals surface area contributed by atoms with Crippen LogP contribution in [0.3, 0.4) is 0 Å². The Morgan fingerprint density at radius 1 is 1.43 bits per heavy atom. The van der Waals surface area contributed by atoms with Gasteiger partial charge in [-0.15, -0.1) is 0 Å². The summed E-state index contributed by atoms with van der Waals surface area (Å²) < 4.78 is 15.3. The molecule has 1 unspecified atom stereocenters. The van der Waals surface area contributed by atoms with Crippen LogP contribution in [0.15, 0.2) is 36.9 Å². The van der Waals surface area contributed by atoms with E-state index in [-0.39, 0.29) is 17.9 Å². The molecule has 21 heavy (non-hydrogen) atoms. The van der Waals surface area contributed by atoms with E-state index in [4.69, 9.17) is 0 Å². The van der Waals surface area contributed by atoms with Gasteiger partial charge in [-0.2, -0.15) is 5.10 Å². The molecule has 2 rings (SSSR count). The van der Waals surface area contributed by atoms with Gasteiger partial charge in [0.05, 0.1) is 6.04 Å². The van der Waals surface area contributed by atoms with E-state index < -0.39 is 0 Å². The molecule has 0 radical (unpaired) electrons. The van der Waals surface area contributed by atoms with E-state index in [0.717, 1.165) is 6.42 Å². The molecule has 0 saturated heterocycles. The van der Waals surface area contributed by atoms with Gasteiger partial charge in [-0.3, -0.25) is 4.68 Å². The van der Waals surface area contributed by atoms with Crippen LogP contribution in [-0.4, -0.2) is 27.3 Å². The Morgan fingerprint density at radius 3 is 2.95 bits per heavy atom. The van der Waals surface area contributed by atoms with Crippen LogP contribution in [0.25, 0.3) is 0 Å². The molecule has 0 fully saturated rings. The van der Waals surface area contributed by atoms with E-state index in [1.807, 2.05) is 0 Å². The fraction of sp³-hybridized carbons (Fsp3) is 0.357. The summed E-state index contributed by atoms with van der Waals surface area (Å²) in [6, 6.07) is 5.70. The summed E-state index contributed by atoms with van der Waals surface area (Å²) in [5.74, 6) is -0.323. The van der Waals surface area contributed by atoms with E-state index in [0.29, 0.717) is 18.7 Å². The maximum atomic E-state index is 13.6. The lowest BCUT2D eigenvalue weighted by Crippen LogP contribution is -2.38. The van der Waals surface area contributed by atoms with Crippen molar-refractivity contribution in [3.8, 4) is 0 Å². The van der Waals surface area contributed by atoms with E-state index >= 15 is 0 Å². The van der Waals surface area contributed by atoms with Crippen LogP contribution in [0.2, 0.25) is 0 Å². The molecule has 1 heterocycles. The molecule has 1 aromatic carbocycles. The van der Waals surface area contributed by atoms with Gasteiger partial charge in [0.25, 0.3) is 0 Å². The highest BCUT2D eigenvalue weighted by atomic mass is 19.1. The van der Waals surface area contributed by atoms with E-state index in [9.17, 15) is 9.18 Å². The number of aryl methyl sites for hydroxylation is 1. The number of urea groups is 1. The number of carbonyl (C=O) groups excluding carboxylic acids is 1. The number of aromatic nitrogens is 3. The standard InChI is InChI=1S/C14H18FN5O/c1-11(12-5-2-3-6-13(12)15)19-14(21)17-7-4-8-20-10-16-9-18-20/h2-3,5-6,9-11H,4,7-8H2,1H3,(H2,17,19,21). The second-order valence-electron chi connectivity index (χ2n) is 4.66. The maximum absolute atomic E-state index is 13.6. The second kappa shape index (κ2) is 7.37. The van der Waals surface area contributed by atoms with Crippen LogP contribution >= 0.6 is 0 Å². The number of halogens is 1. The molecule has 0 aliphatic heterocycles. The average Bonchev–Trinajstić information content (AvgIpc) is 2.97. The zero-order chi connectivity index (χ0) is 15.1. The molecular weight excluding hydrogens is 273 g/mol. The normalized spacial score (nSPS) is 11.9. The van der Waals surface area contributed by atoms with Gasteiger partial charge in [0, 0.05) is 18.7 Å². The Balaban J connectivity index is 1.70. The molecule has 112 valence electrons. The summed E-state index contributed by atoms with van der Waals surface area (Å²) in [6.07, 6.45) is 3.83. The molecule has 1 atom stereocenters. The Hall–Kier alpha value is -2.44. The minimum absolute atomic E-state index is 0.315. The minimum atomic E-state index is -0.387. The molecule has 7 heteroatoms.